The lowest BCUT2D eigenvalue weighted by atomic mass is 9.83. The van der Waals surface area contributed by atoms with E-state index in [1.54, 1.807) is 0 Å². The van der Waals surface area contributed by atoms with Crippen LogP contribution in [0.25, 0.3) is 0 Å². The molecule has 1 amide bonds. The van der Waals surface area contributed by atoms with Gasteiger partial charge in [-0.3, -0.25) is 4.79 Å². The Labute approximate surface area is 116 Å². The summed E-state index contributed by atoms with van der Waals surface area (Å²) in [5, 5.41) is 6.36. The van der Waals surface area contributed by atoms with Gasteiger partial charge in [-0.1, -0.05) is 28.9 Å². The SMILES string of the molecule is CCC1(C(=O)Nc2cc(Br)ccc2C)CCNC1. The van der Waals surface area contributed by atoms with E-state index in [0.717, 1.165) is 41.7 Å². The second-order valence-corrected chi connectivity index (χ2v) is 5.89. The van der Waals surface area contributed by atoms with Gasteiger partial charge < -0.3 is 10.6 Å². The van der Waals surface area contributed by atoms with Crippen molar-refractivity contribution in [3.05, 3.63) is 28.2 Å². The zero-order valence-electron chi connectivity index (χ0n) is 10.8. The number of rotatable bonds is 3. The first-order valence-corrected chi connectivity index (χ1v) is 7.15. The van der Waals surface area contributed by atoms with E-state index < -0.39 is 0 Å². The van der Waals surface area contributed by atoms with Gasteiger partial charge in [0.1, 0.15) is 0 Å². The summed E-state index contributed by atoms with van der Waals surface area (Å²) in [4.78, 5) is 12.5. The van der Waals surface area contributed by atoms with Crippen LogP contribution >= 0.6 is 15.9 Å². The molecular formula is C14H19BrN2O. The van der Waals surface area contributed by atoms with Crippen molar-refractivity contribution in [1.82, 2.24) is 5.32 Å². The van der Waals surface area contributed by atoms with Crippen molar-refractivity contribution in [3.63, 3.8) is 0 Å². The Balaban J connectivity index is 2.18. The smallest absolute Gasteiger partial charge is 0.231 e. The van der Waals surface area contributed by atoms with Crippen LogP contribution in [-0.4, -0.2) is 19.0 Å². The molecule has 18 heavy (non-hydrogen) atoms. The predicted molar refractivity (Wildman–Crippen MR) is 77.7 cm³/mol. The molecule has 2 rings (SSSR count). The lowest BCUT2D eigenvalue weighted by molar-refractivity contribution is -0.124. The minimum Gasteiger partial charge on any atom is -0.325 e. The van der Waals surface area contributed by atoms with Gasteiger partial charge in [0.2, 0.25) is 5.91 Å². The Morgan fingerprint density at radius 3 is 2.94 bits per heavy atom. The highest BCUT2D eigenvalue weighted by Gasteiger charge is 2.39. The maximum Gasteiger partial charge on any atom is 0.231 e. The number of anilines is 1. The molecule has 1 fully saturated rings. The van der Waals surface area contributed by atoms with Crippen molar-refractivity contribution >= 4 is 27.5 Å². The second kappa shape index (κ2) is 5.41. The third kappa shape index (κ3) is 2.59. The number of hydrogen-bond acceptors (Lipinski definition) is 2. The molecule has 1 atom stereocenters. The van der Waals surface area contributed by atoms with Crippen molar-refractivity contribution in [2.45, 2.75) is 26.7 Å². The highest BCUT2D eigenvalue weighted by molar-refractivity contribution is 9.10. The number of carbonyl (C=O) groups excluding carboxylic acids is 1. The Morgan fingerprint density at radius 1 is 1.56 bits per heavy atom. The summed E-state index contributed by atoms with van der Waals surface area (Å²) in [6, 6.07) is 5.95. The van der Waals surface area contributed by atoms with Crippen molar-refractivity contribution in [3.8, 4) is 0 Å². The lowest BCUT2D eigenvalue weighted by Crippen LogP contribution is -2.37. The van der Waals surface area contributed by atoms with E-state index in [2.05, 4.69) is 33.5 Å². The molecule has 1 aromatic carbocycles. The molecule has 4 heteroatoms. The maximum atomic E-state index is 12.5. The van der Waals surface area contributed by atoms with Crippen molar-refractivity contribution in [1.29, 1.82) is 0 Å². The van der Waals surface area contributed by atoms with Crippen LogP contribution in [0.2, 0.25) is 0 Å². The molecule has 0 aliphatic carbocycles. The second-order valence-electron chi connectivity index (χ2n) is 4.97. The Morgan fingerprint density at radius 2 is 2.33 bits per heavy atom. The fourth-order valence-electron chi connectivity index (χ4n) is 2.38. The minimum atomic E-state index is -0.241. The van der Waals surface area contributed by atoms with Crippen LogP contribution in [0.5, 0.6) is 0 Å². The van der Waals surface area contributed by atoms with Crippen molar-refractivity contribution < 1.29 is 4.79 Å². The van der Waals surface area contributed by atoms with Crippen molar-refractivity contribution in [2.75, 3.05) is 18.4 Å². The first kappa shape index (κ1) is 13.6. The summed E-state index contributed by atoms with van der Waals surface area (Å²) in [5.74, 6) is 0.135. The van der Waals surface area contributed by atoms with E-state index in [0.29, 0.717) is 0 Å². The highest BCUT2D eigenvalue weighted by Crippen LogP contribution is 2.32. The van der Waals surface area contributed by atoms with Gasteiger partial charge in [0.05, 0.1) is 5.41 Å². The Bertz CT molecular complexity index is 453. The molecule has 2 N–H and O–H groups in total. The Hall–Kier alpha value is -0.870. The van der Waals surface area contributed by atoms with Gasteiger partial charge in [0.25, 0.3) is 0 Å². The molecule has 98 valence electrons. The summed E-state index contributed by atoms with van der Waals surface area (Å²) < 4.78 is 0.985. The molecule has 0 spiro atoms. The molecule has 0 radical (unpaired) electrons. The molecule has 1 aliphatic heterocycles. The first-order chi connectivity index (χ1) is 8.57. The molecule has 1 unspecified atom stereocenters. The van der Waals surface area contributed by atoms with E-state index >= 15 is 0 Å². The average molecular weight is 311 g/mol. The number of nitrogens with one attached hydrogen (secondary N) is 2. The van der Waals surface area contributed by atoms with Crippen LogP contribution in [0, 0.1) is 12.3 Å². The molecule has 1 aliphatic rings. The van der Waals surface area contributed by atoms with E-state index in [-0.39, 0.29) is 11.3 Å². The number of carbonyl (C=O) groups is 1. The molecule has 0 saturated carbocycles. The van der Waals surface area contributed by atoms with E-state index in [4.69, 9.17) is 0 Å². The van der Waals surface area contributed by atoms with Crippen LogP contribution in [0.1, 0.15) is 25.3 Å². The third-order valence-corrected chi connectivity index (χ3v) is 4.34. The van der Waals surface area contributed by atoms with Crippen LogP contribution in [0.4, 0.5) is 5.69 Å². The van der Waals surface area contributed by atoms with E-state index in [1.807, 2.05) is 25.1 Å². The number of amides is 1. The number of aryl methyl sites for hydroxylation is 1. The number of halogens is 1. The summed E-state index contributed by atoms with van der Waals surface area (Å²) in [6.07, 6.45) is 1.79. The quantitative estimate of drug-likeness (QED) is 0.901. The molecule has 0 aromatic heterocycles. The molecule has 0 bridgehead atoms. The minimum absolute atomic E-state index is 0.135. The zero-order chi connectivity index (χ0) is 13.2. The van der Waals surface area contributed by atoms with E-state index in [1.165, 1.54) is 0 Å². The van der Waals surface area contributed by atoms with Crippen molar-refractivity contribution in [2.24, 2.45) is 5.41 Å². The predicted octanol–water partition coefficient (Wildman–Crippen LogP) is 3.09. The van der Waals surface area contributed by atoms with Crippen LogP contribution < -0.4 is 10.6 Å². The molecule has 3 nitrogen and oxygen atoms in total. The third-order valence-electron chi connectivity index (χ3n) is 3.85. The lowest BCUT2D eigenvalue weighted by Gasteiger charge is -2.25. The summed E-state index contributed by atoms with van der Waals surface area (Å²) >= 11 is 3.44. The molecule has 1 saturated heterocycles. The standard InChI is InChI=1S/C14H19BrN2O/c1-3-14(6-7-16-9-14)13(18)17-12-8-11(15)5-4-10(12)2/h4-5,8,16H,3,6-7,9H2,1-2H3,(H,17,18). The molecule has 1 aromatic rings. The summed E-state index contributed by atoms with van der Waals surface area (Å²) in [5.41, 5.74) is 1.74. The Kier molecular flexibility index (Phi) is 4.07. The largest absolute Gasteiger partial charge is 0.325 e. The van der Waals surface area contributed by atoms with Gasteiger partial charge in [-0.05, 0) is 44.0 Å². The van der Waals surface area contributed by atoms with Gasteiger partial charge in [-0.15, -0.1) is 0 Å². The average Bonchev–Trinajstić information content (AvgIpc) is 2.84. The van der Waals surface area contributed by atoms with Gasteiger partial charge >= 0.3 is 0 Å². The monoisotopic (exact) mass is 310 g/mol. The van der Waals surface area contributed by atoms with E-state index in [9.17, 15) is 4.79 Å². The summed E-state index contributed by atoms with van der Waals surface area (Å²) in [6.45, 7) is 5.80. The topological polar surface area (TPSA) is 41.1 Å². The van der Waals surface area contributed by atoms with Crippen LogP contribution in [-0.2, 0) is 4.79 Å². The molecular weight excluding hydrogens is 292 g/mol. The first-order valence-electron chi connectivity index (χ1n) is 6.36. The summed E-state index contributed by atoms with van der Waals surface area (Å²) in [7, 11) is 0. The van der Waals surface area contributed by atoms with Crippen LogP contribution in [0.15, 0.2) is 22.7 Å². The fraction of sp³-hybridized carbons (Fsp3) is 0.500. The van der Waals surface area contributed by atoms with Gasteiger partial charge in [0.15, 0.2) is 0 Å². The number of hydrogen-bond donors (Lipinski definition) is 2. The van der Waals surface area contributed by atoms with Gasteiger partial charge in [0, 0.05) is 16.7 Å². The zero-order valence-corrected chi connectivity index (χ0v) is 12.4. The number of benzene rings is 1. The molecule has 1 heterocycles. The van der Waals surface area contributed by atoms with Gasteiger partial charge in [-0.2, -0.15) is 0 Å². The highest BCUT2D eigenvalue weighted by atomic mass is 79.9. The maximum absolute atomic E-state index is 12.5. The van der Waals surface area contributed by atoms with Gasteiger partial charge in [-0.25, -0.2) is 0 Å². The normalized spacial score (nSPS) is 23.1. The fourth-order valence-corrected chi connectivity index (χ4v) is 2.74. The van der Waals surface area contributed by atoms with Crippen LogP contribution in [0.3, 0.4) is 0 Å².